The largest absolute Gasteiger partial charge is 0.507 e. The van der Waals surface area contributed by atoms with Gasteiger partial charge in [0.25, 0.3) is 5.91 Å². The van der Waals surface area contributed by atoms with Crippen molar-refractivity contribution in [2.24, 2.45) is 0 Å². The Balaban J connectivity index is 1.38. The van der Waals surface area contributed by atoms with Gasteiger partial charge in [0, 0.05) is 16.3 Å². The van der Waals surface area contributed by atoms with Gasteiger partial charge < -0.3 is 19.6 Å². The second kappa shape index (κ2) is 9.96. The Morgan fingerprint density at radius 3 is 2.73 bits per heavy atom. The number of hydrogen-bond acceptors (Lipinski definition) is 6. The van der Waals surface area contributed by atoms with Crippen molar-refractivity contribution in [1.29, 1.82) is 0 Å². The summed E-state index contributed by atoms with van der Waals surface area (Å²) in [6.07, 6.45) is 0. The van der Waals surface area contributed by atoms with E-state index in [1.54, 1.807) is 48.5 Å². The van der Waals surface area contributed by atoms with Crippen molar-refractivity contribution in [2.45, 2.75) is 0 Å². The molecule has 0 saturated carbocycles. The highest BCUT2D eigenvalue weighted by molar-refractivity contribution is 9.10. The van der Waals surface area contributed by atoms with Crippen LogP contribution in [-0.2, 0) is 4.79 Å². The van der Waals surface area contributed by atoms with Gasteiger partial charge in [0.2, 0.25) is 5.89 Å². The molecule has 3 aromatic carbocycles. The fourth-order valence-corrected chi connectivity index (χ4v) is 3.90. The van der Waals surface area contributed by atoms with E-state index in [-0.39, 0.29) is 17.5 Å². The third-order valence-corrected chi connectivity index (χ3v) is 5.72. The highest BCUT2D eigenvalue weighted by atomic mass is 79.9. The van der Waals surface area contributed by atoms with E-state index in [9.17, 15) is 9.90 Å². The van der Waals surface area contributed by atoms with Crippen LogP contribution in [0.25, 0.3) is 22.6 Å². The molecule has 1 heterocycles. The third kappa shape index (κ3) is 5.75. The summed E-state index contributed by atoms with van der Waals surface area (Å²) < 4.78 is 11.7. The molecule has 0 atom stereocenters. The molecule has 0 radical (unpaired) electrons. The minimum absolute atomic E-state index is 0.0938. The number of carbonyl (C=O) groups excluding carboxylic acids is 1. The number of phenols is 1. The molecule has 0 fully saturated rings. The van der Waals surface area contributed by atoms with Gasteiger partial charge >= 0.3 is 0 Å². The van der Waals surface area contributed by atoms with Crippen LogP contribution in [0.2, 0.25) is 10.0 Å². The average molecular weight is 567 g/mol. The monoisotopic (exact) mass is 565 g/mol. The molecule has 0 aliphatic carbocycles. The van der Waals surface area contributed by atoms with Gasteiger partial charge in [-0.1, -0.05) is 23.2 Å². The Morgan fingerprint density at radius 2 is 1.97 bits per heavy atom. The molecule has 168 valence electrons. The van der Waals surface area contributed by atoms with Crippen molar-refractivity contribution in [3.63, 3.8) is 0 Å². The number of carbonyl (C=O) groups is 1. The molecule has 0 saturated heterocycles. The van der Waals surface area contributed by atoms with Crippen molar-refractivity contribution >= 4 is 79.2 Å². The van der Waals surface area contributed by atoms with Gasteiger partial charge in [-0.25, -0.2) is 4.98 Å². The Hall–Kier alpha value is -2.85. The normalized spacial score (nSPS) is 10.8. The number of amides is 1. The lowest BCUT2D eigenvalue weighted by Gasteiger charge is -2.11. The molecule has 33 heavy (non-hydrogen) atoms. The SMILES string of the molecule is O=C(COc1ccc(Cl)cc1Cl)NC(=S)Nc1ccc2oc(-c3ccc(O)c(Br)c3)nc2c1. The Kier molecular flexibility index (Phi) is 7.04. The molecule has 1 amide bonds. The molecule has 0 aliphatic rings. The number of aromatic hydroxyl groups is 1. The van der Waals surface area contributed by atoms with Crippen LogP contribution in [0, 0.1) is 0 Å². The number of thiocarbonyl (C=S) groups is 1. The smallest absolute Gasteiger partial charge is 0.264 e. The van der Waals surface area contributed by atoms with Crippen LogP contribution in [0.5, 0.6) is 11.5 Å². The maximum absolute atomic E-state index is 12.1. The van der Waals surface area contributed by atoms with E-state index in [0.29, 0.717) is 48.5 Å². The lowest BCUT2D eigenvalue weighted by molar-refractivity contribution is -0.121. The predicted octanol–water partition coefficient (Wildman–Crippen LogP) is 6.16. The topological polar surface area (TPSA) is 96.6 Å². The molecule has 11 heteroatoms. The lowest BCUT2D eigenvalue weighted by atomic mass is 10.2. The summed E-state index contributed by atoms with van der Waals surface area (Å²) in [6.45, 7) is -0.281. The van der Waals surface area contributed by atoms with Crippen LogP contribution in [0.15, 0.2) is 63.5 Å². The number of ether oxygens (including phenoxy) is 1. The second-order valence-electron chi connectivity index (χ2n) is 6.73. The summed E-state index contributed by atoms with van der Waals surface area (Å²) in [5, 5.41) is 16.0. The quantitative estimate of drug-likeness (QED) is 0.249. The summed E-state index contributed by atoms with van der Waals surface area (Å²) in [4.78, 5) is 16.6. The van der Waals surface area contributed by atoms with Gasteiger partial charge in [-0.2, -0.15) is 0 Å². The van der Waals surface area contributed by atoms with E-state index in [0.717, 1.165) is 0 Å². The fraction of sp³-hybridized carbons (Fsp3) is 0.0455. The maximum atomic E-state index is 12.1. The molecule has 4 rings (SSSR count). The van der Waals surface area contributed by atoms with E-state index in [4.69, 9.17) is 44.6 Å². The van der Waals surface area contributed by atoms with E-state index >= 15 is 0 Å². The molecule has 7 nitrogen and oxygen atoms in total. The summed E-state index contributed by atoms with van der Waals surface area (Å²) >= 11 is 20.3. The summed E-state index contributed by atoms with van der Waals surface area (Å²) in [7, 11) is 0. The van der Waals surface area contributed by atoms with E-state index < -0.39 is 5.91 Å². The van der Waals surface area contributed by atoms with Crippen molar-refractivity contribution in [3.05, 3.63) is 69.1 Å². The highest BCUT2D eigenvalue weighted by Crippen LogP contribution is 2.32. The number of phenolic OH excluding ortho intramolecular Hbond substituents is 1. The van der Waals surface area contributed by atoms with Crippen LogP contribution in [-0.4, -0.2) is 27.7 Å². The number of rotatable bonds is 5. The molecule has 0 unspecified atom stereocenters. The first kappa shape index (κ1) is 23.3. The third-order valence-electron chi connectivity index (χ3n) is 4.35. The number of fused-ring (bicyclic) bond motifs is 1. The zero-order chi connectivity index (χ0) is 23.5. The molecule has 0 bridgehead atoms. The average Bonchev–Trinajstić information content (AvgIpc) is 3.18. The highest BCUT2D eigenvalue weighted by Gasteiger charge is 2.12. The van der Waals surface area contributed by atoms with E-state index in [1.165, 1.54) is 6.07 Å². The van der Waals surface area contributed by atoms with Crippen molar-refractivity contribution in [3.8, 4) is 23.0 Å². The standard InChI is InChI=1S/C22H14BrCl2N3O4S/c23-14-7-11(1-4-17(14)29)21-27-16-9-13(3-6-19(16)32-21)26-22(33)28-20(30)10-31-18-5-2-12(24)8-15(18)25/h1-9,29H,10H2,(H2,26,28,30,33). The van der Waals surface area contributed by atoms with Gasteiger partial charge in [-0.05, 0) is 82.7 Å². The number of nitrogens with zero attached hydrogens (tertiary/aromatic N) is 1. The fourth-order valence-electron chi connectivity index (χ4n) is 2.83. The Labute approximate surface area is 211 Å². The molecular weight excluding hydrogens is 553 g/mol. The first-order chi connectivity index (χ1) is 15.8. The van der Waals surface area contributed by atoms with Crippen LogP contribution in [0.3, 0.4) is 0 Å². The van der Waals surface area contributed by atoms with Crippen molar-refractivity contribution < 1.29 is 19.1 Å². The van der Waals surface area contributed by atoms with Crippen molar-refractivity contribution in [1.82, 2.24) is 10.3 Å². The van der Waals surface area contributed by atoms with Gasteiger partial charge in [-0.15, -0.1) is 0 Å². The molecular formula is C22H14BrCl2N3O4S. The van der Waals surface area contributed by atoms with E-state index in [2.05, 4.69) is 31.5 Å². The van der Waals surface area contributed by atoms with Gasteiger partial charge in [0.15, 0.2) is 17.3 Å². The lowest BCUT2D eigenvalue weighted by Crippen LogP contribution is -2.37. The van der Waals surface area contributed by atoms with Gasteiger partial charge in [-0.3, -0.25) is 10.1 Å². The van der Waals surface area contributed by atoms with Gasteiger partial charge in [0.1, 0.15) is 17.0 Å². The summed E-state index contributed by atoms with van der Waals surface area (Å²) in [5.41, 5.74) is 2.48. The summed E-state index contributed by atoms with van der Waals surface area (Å²) in [6, 6.07) is 14.9. The molecule has 0 spiro atoms. The maximum Gasteiger partial charge on any atom is 0.264 e. The molecule has 1 aromatic heterocycles. The minimum atomic E-state index is -0.457. The number of benzene rings is 3. The predicted molar refractivity (Wildman–Crippen MR) is 135 cm³/mol. The first-order valence-electron chi connectivity index (χ1n) is 9.36. The number of anilines is 1. The molecule has 0 aliphatic heterocycles. The van der Waals surface area contributed by atoms with Crippen LogP contribution < -0.4 is 15.4 Å². The minimum Gasteiger partial charge on any atom is -0.507 e. The number of hydrogen-bond donors (Lipinski definition) is 3. The number of oxazole rings is 1. The summed E-state index contributed by atoms with van der Waals surface area (Å²) in [5.74, 6) is 0.402. The number of nitrogens with one attached hydrogen (secondary N) is 2. The zero-order valence-electron chi connectivity index (χ0n) is 16.6. The van der Waals surface area contributed by atoms with E-state index in [1.807, 2.05) is 0 Å². The second-order valence-corrected chi connectivity index (χ2v) is 8.84. The first-order valence-corrected chi connectivity index (χ1v) is 11.3. The van der Waals surface area contributed by atoms with Crippen molar-refractivity contribution in [2.75, 3.05) is 11.9 Å². The Morgan fingerprint density at radius 1 is 1.15 bits per heavy atom. The van der Waals surface area contributed by atoms with Crippen LogP contribution in [0.1, 0.15) is 0 Å². The van der Waals surface area contributed by atoms with Crippen LogP contribution in [0.4, 0.5) is 5.69 Å². The molecule has 4 aromatic rings. The Bertz CT molecular complexity index is 1380. The number of halogens is 3. The number of aromatic nitrogens is 1. The zero-order valence-corrected chi connectivity index (χ0v) is 20.5. The van der Waals surface area contributed by atoms with Gasteiger partial charge in [0.05, 0.1) is 9.50 Å². The molecule has 3 N–H and O–H groups in total. The van der Waals surface area contributed by atoms with Crippen LogP contribution >= 0.6 is 51.3 Å².